The van der Waals surface area contributed by atoms with E-state index >= 15 is 0 Å². The zero-order valence-electron chi connectivity index (χ0n) is 8.23. The Hall–Kier alpha value is -0.410. The smallest absolute Gasteiger partial charge is 0.0794 e. The van der Waals surface area contributed by atoms with Crippen molar-refractivity contribution < 1.29 is 5.11 Å². The molecule has 0 saturated heterocycles. The monoisotopic (exact) mass is 199 g/mol. The third-order valence-electron chi connectivity index (χ3n) is 2.04. The molecule has 1 aromatic rings. The van der Waals surface area contributed by atoms with Crippen molar-refractivity contribution in [3.8, 4) is 0 Å². The van der Waals surface area contributed by atoms with E-state index in [4.69, 9.17) is 5.11 Å². The lowest BCUT2D eigenvalue weighted by Crippen LogP contribution is -2.11. The average molecular weight is 199 g/mol. The van der Waals surface area contributed by atoms with E-state index in [0.29, 0.717) is 11.8 Å². The van der Waals surface area contributed by atoms with E-state index in [1.54, 1.807) is 11.3 Å². The van der Waals surface area contributed by atoms with Gasteiger partial charge in [0, 0.05) is 17.7 Å². The summed E-state index contributed by atoms with van der Waals surface area (Å²) in [5.74, 6) is 1.06. The van der Waals surface area contributed by atoms with Crippen molar-refractivity contribution in [1.82, 2.24) is 4.98 Å². The molecule has 0 radical (unpaired) electrons. The molecule has 74 valence electrons. The highest BCUT2D eigenvalue weighted by Gasteiger charge is 2.11. The van der Waals surface area contributed by atoms with Crippen LogP contribution < -0.4 is 0 Å². The summed E-state index contributed by atoms with van der Waals surface area (Å²) in [6.45, 7) is 4.67. The van der Waals surface area contributed by atoms with Crippen LogP contribution in [-0.2, 0) is 6.42 Å². The third kappa shape index (κ3) is 3.87. The second kappa shape index (κ2) is 5.35. The minimum atomic E-state index is 0.288. The first-order chi connectivity index (χ1) is 6.22. The molecule has 1 N–H and O–H groups in total. The van der Waals surface area contributed by atoms with E-state index in [0.717, 1.165) is 12.8 Å². The number of thiazole rings is 1. The van der Waals surface area contributed by atoms with Crippen LogP contribution in [0, 0.1) is 11.8 Å². The molecule has 1 unspecified atom stereocenters. The van der Waals surface area contributed by atoms with Crippen LogP contribution in [0.4, 0.5) is 0 Å². The number of aromatic nitrogens is 1. The molecular weight excluding hydrogens is 182 g/mol. The summed E-state index contributed by atoms with van der Waals surface area (Å²) in [4.78, 5) is 5.30. The Morgan fingerprint density at radius 2 is 2.31 bits per heavy atom. The van der Waals surface area contributed by atoms with Crippen molar-refractivity contribution in [2.24, 2.45) is 11.8 Å². The molecule has 3 heteroatoms. The number of aliphatic hydroxyl groups is 1. The Balaban J connectivity index is 2.40. The van der Waals surface area contributed by atoms with Crippen LogP contribution in [0.3, 0.4) is 0 Å². The fourth-order valence-electron chi connectivity index (χ4n) is 1.52. The van der Waals surface area contributed by atoms with Gasteiger partial charge in [0.15, 0.2) is 0 Å². The second-order valence-electron chi connectivity index (χ2n) is 3.85. The lowest BCUT2D eigenvalue weighted by molar-refractivity contribution is 0.206. The first-order valence-electron chi connectivity index (χ1n) is 4.70. The lowest BCUT2D eigenvalue weighted by atomic mass is 9.94. The van der Waals surface area contributed by atoms with Gasteiger partial charge in [-0.1, -0.05) is 13.8 Å². The minimum Gasteiger partial charge on any atom is -0.396 e. The Bertz CT molecular complexity index is 221. The molecule has 0 aromatic carbocycles. The molecule has 0 saturated carbocycles. The minimum absolute atomic E-state index is 0.288. The Morgan fingerprint density at radius 3 is 2.77 bits per heavy atom. The highest BCUT2D eigenvalue weighted by molar-refractivity contribution is 7.09. The van der Waals surface area contributed by atoms with Crippen LogP contribution in [0.1, 0.15) is 25.1 Å². The fraction of sp³-hybridized carbons (Fsp3) is 0.700. The van der Waals surface area contributed by atoms with E-state index in [1.165, 1.54) is 4.88 Å². The van der Waals surface area contributed by atoms with Crippen LogP contribution in [0.5, 0.6) is 0 Å². The standard InChI is InChI=1S/C10H17NOS/c1-8(2)3-9(6-12)4-10-5-11-7-13-10/h5,7-9,12H,3-4,6H2,1-2H3. The quantitative estimate of drug-likeness (QED) is 0.789. The van der Waals surface area contributed by atoms with E-state index < -0.39 is 0 Å². The topological polar surface area (TPSA) is 33.1 Å². The number of rotatable bonds is 5. The Kier molecular flexibility index (Phi) is 4.39. The molecule has 0 amide bonds. The van der Waals surface area contributed by atoms with Crippen molar-refractivity contribution in [2.75, 3.05) is 6.61 Å². The van der Waals surface area contributed by atoms with Gasteiger partial charge in [0.2, 0.25) is 0 Å². The molecule has 1 heterocycles. The van der Waals surface area contributed by atoms with Gasteiger partial charge in [-0.05, 0) is 24.7 Å². The molecular formula is C10H17NOS. The molecule has 1 atom stereocenters. The molecule has 13 heavy (non-hydrogen) atoms. The van der Waals surface area contributed by atoms with Gasteiger partial charge in [0.25, 0.3) is 0 Å². The van der Waals surface area contributed by atoms with E-state index in [2.05, 4.69) is 18.8 Å². The van der Waals surface area contributed by atoms with Crippen LogP contribution in [-0.4, -0.2) is 16.7 Å². The van der Waals surface area contributed by atoms with Crippen LogP contribution in [0.15, 0.2) is 11.7 Å². The normalized spacial score (nSPS) is 13.5. The predicted molar refractivity (Wildman–Crippen MR) is 55.8 cm³/mol. The summed E-state index contributed by atoms with van der Waals surface area (Å²) in [6, 6.07) is 0. The molecule has 0 aliphatic carbocycles. The highest BCUT2D eigenvalue weighted by Crippen LogP contribution is 2.18. The summed E-state index contributed by atoms with van der Waals surface area (Å²) in [5, 5.41) is 9.16. The van der Waals surface area contributed by atoms with Gasteiger partial charge >= 0.3 is 0 Å². The summed E-state index contributed by atoms with van der Waals surface area (Å²) in [7, 11) is 0. The largest absolute Gasteiger partial charge is 0.396 e. The van der Waals surface area contributed by atoms with Gasteiger partial charge in [-0.3, -0.25) is 4.98 Å². The maximum atomic E-state index is 9.16. The molecule has 2 nitrogen and oxygen atoms in total. The molecule has 0 fully saturated rings. The van der Waals surface area contributed by atoms with Gasteiger partial charge in [-0.2, -0.15) is 0 Å². The molecule has 0 aliphatic heterocycles. The van der Waals surface area contributed by atoms with Crippen molar-refractivity contribution in [1.29, 1.82) is 0 Å². The van der Waals surface area contributed by atoms with Crippen molar-refractivity contribution in [2.45, 2.75) is 26.7 Å². The second-order valence-corrected chi connectivity index (χ2v) is 4.82. The van der Waals surface area contributed by atoms with Gasteiger partial charge in [-0.25, -0.2) is 0 Å². The summed E-state index contributed by atoms with van der Waals surface area (Å²) < 4.78 is 0. The van der Waals surface area contributed by atoms with Crippen molar-refractivity contribution in [3.63, 3.8) is 0 Å². The predicted octanol–water partition coefficient (Wildman–Crippen LogP) is 2.34. The van der Waals surface area contributed by atoms with Gasteiger partial charge < -0.3 is 5.11 Å². The molecule has 1 rings (SSSR count). The third-order valence-corrected chi connectivity index (χ3v) is 2.84. The number of aliphatic hydroxyl groups excluding tert-OH is 1. The van der Waals surface area contributed by atoms with Crippen LogP contribution >= 0.6 is 11.3 Å². The fourth-order valence-corrected chi connectivity index (χ4v) is 2.23. The van der Waals surface area contributed by atoms with Crippen LogP contribution in [0.25, 0.3) is 0 Å². The van der Waals surface area contributed by atoms with Crippen LogP contribution in [0.2, 0.25) is 0 Å². The van der Waals surface area contributed by atoms with E-state index in [9.17, 15) is 0 Å². The summed E-state index contributed by atoms with van der Waals surface area (Å²) >= 11 is 1.67. The average Bonchev–Trinajstić information content (AvgIpc) is 2.55. The lowest BCUT2D eigenvalue weighted by Gasteiger charge is -2.14. The number of hydrogen-bond donors (Lipinski definition) is 1. The summed E-state index contributed by atoms with van der Waals surface area (Å²) in [5.41, 5.74) is 1.85. The van der Waals surface area contributed by atoms with E-state index in [1.807, 2.05) is 11.7 Å². The summed E-state index contributed by atoms with van der Waals surface area (Å²) in [6.07, 6.45) is 3.96. The van der Waals surface area contributed by atoms with Crippen molar-refractivity contribution in [3.05, 3.63) is 16.6 Å². The molecule has 0 aliphatic rings. The molecule has 1 aromatic heterocycles. The van der Waals surface area contributed by atoms with Gasteiger partial charge in [0.05, 0.1) is 5.51 Å². The first kappa shape index (κ1) is 10.7. The van der Waals surface area contributed by atoms with Crippen molar-refractivity contribution >= 4 is 11.3 Å². The maximum Gasteiger partial charge on any atom is 0.0794 e. The zero-order valence-corrected chi connectivity index (χ0v) is 9.05. The number of nitrogens with zero attached hydrogens (tertiary/aromatic N) is 1. The first-order valence-corrected chi connectivity index (χ1v) is 5.58. The SMILES string of the molecule is CC(C)CC(CO)Cc1cncs1. The maximum absolute atomic E-state index is 9.16. The molecule has 0 spiro atoms. The van der Waals surface area contributed by atoms with Gasteiger partial charge in [0.1, 0.15) is 0 Å². The van der Waals surface area contributed by atoms with E-state index in [-0.39, 0.29) is 6.61 Å². The number of hydrogen-bond acceptors (Lipinski definition) is 3. The molecule has 0 bridgehead atoms. The highest BCUT2D eigenvalue weighted by atomic mass is 32.1. The zero-order chi connectivity index (χ0) is 9.68. The van der Waals surface area contributed by atoms with Gasteiger partial charge in [-0.15, -0.1) is 11.3 Å². The Labute approximate surface area is 83.6 Å². The Morgan fingerprint density at radius 1 is 1.54 bits per heavy atom.